The van der Waals surface area contributed by atoms with Crippen molar-refractivity contribution in [2.24, 2.45) is 0 Å². The molecule has 0 bridgehead atoms. The van der Waals surface area contributed by atoms with Gasteiger partial charge in [-0.25, -0.2) is 9.59 Å². The number of carbonyl (C=O) groups excluding carboxylic acids is 2. The smallest absolute Gasteiger partial charge is 0.413 e. The zero-order valence-corrected chi connectivity index (χ0v) is 14.5. The number of aryl methyl sites for hydroxylation is 1. The number of amides is 1. The van der Waals surface area contributed by atoms with Gasteiger partial charge in [0.25, 0.3) is 0 Å². The quantitative estimate of drug-likeness (QED) is 0.688. The van der Waals surface area contributed by atoms with E-state index in [2.05, 4.69) is 15.5 Å². The fourth-order valence-electron chi connectivity index (χ4n) is 2.77. The van der Waals surface area contributed by atoms with Gasteiger partial charge in [0.1, 0.15) is 11.8 Å². The Kier molecular flexibility index (Phi) is 5.17. The van der Waals surface area contributed by atoms with Crippen LogP contribution < -0.4 is 10.1 Å². The Bertz CT molecular complexity index is 921. The molecule has 0 saturated carbocycles. The highest BCUT2D eigenvalue weighted by atomic mass is 16.6. The maximum absolute atomic E-state index is 12.1. The van der Waals surface area contributed by atoms with Crippen molar-refractivity contribution in [1.82, 2.24) is 15.5 Å². The number of nitrogens with zero attached hydrogens (tertiary/aromatic N) is 1. The average molecular weight is 353 g/mol. The molecule has 1 atom stereocenters. The Morgan fingerprint density at radius 1 is 1.23 bits per heavy atom. The summed E-state index contributed by atoms with van der Waals surface area (Å²) in [5.74, 6) is -0.149. The molecule has 0 saturated heterocycles. The first-order valence-electron chi connectivity index (χ1n) is 8.10. The molecule has 1 amide bonds. The molecular formula is C19H19N3O4. The number of benzene rings is 2. The lowest BCUT2D eigenvalue weighted by Gasteiger charge is -2.17. The second kappa shape index (κ2) is 7.69. The Balaban J connectivity index is 1.74. The fraction of sp³-hybridized carbons (Fsp3) is 0.211. The lowest BCUT2D eigenvalue weighted by molar-refractivity contribution is -0.142. The number of hydrogen-bond donors (Lipinski definition) is 2. The fourth-order valence-corrected chi connectivity index (χ4v) is 2.77. The molecule has 0 aliphatic carbocycles. The molecule has 0 aliphatic heterocycles. The van der Waals surface area contributed by atoms with Crippen LogP contribution >= 0.6 is 0 Å². The minimum absolute atomic E-state index is 0.276. The zero-order valence-electron chi connectivity index (χ0n) is 14.5. The summed E-state index contributed by atoms with van der Waals surface area (Å²) in [6.07, 6.45) is 1.28. The summed E-state index contributed by atoms with van der Waals surface area (Å²) in [4.78, 5) is 24.2. The van der Waals surface area contributed by atoms with E-state index in [-0.39, 0.29) is 6.42 Å². The van der Waals surface area contributed by atoms with Crippen molar-refractivity contribution < 1.29 is 19.1 Å². The molecule has 1 aromatic heterocycles. The van der Waals surface area contributed by atoms with Gasteiger partial charge >= 0.3 is 12.1 Å². The number of nitrogens with one attached hydrogen (secondary N) is 2. The van der Waals surface area contributed by atoms with Crippen molar-refractivity contribution in [2.45, 2.75) is 19.4 Å². The van der Waals surface area contributed by atoms with E-state index in [1.54, 1.807) is 30.5 Å². The van der Waals surface area contributed by atoms with Gasteiger partial charge in [-0.05, 0) is 36.2 Å². The van der Waals surface area contributed by atoms with Gasteiger partial charge in [0.2, 0.25) is 0 Å². The summed E-state index contributed by atoms with van der Waals surface area (Å²) in [6, 6.07) is 11.6. The first-order valence-corrected chi connectivity index (χ1v) is 8.10. The highest BCUT2D eigenvalue weighted by molar-refractivity contribution is 5.84. The van der Waals surface area contributed by atoms with Crippen LogP contribution in [-0.4, -0.2) is 35.4 Å². The molecule has 0 fully saturated rings. The third-order valence-electron chi connectivity index (χ3n) is 3.98. The molecule has 0 aliphatic rings. The molecule has 3 rings (SSSR count). The molecule has 7 nitrogen and oxygen atoms in total. The van der Waals surface area contributed by atoms with Gasteiger partial charge in [-0.2, -0.15) is 5.10 Å². The number of H-pyrrole nitrogens is 1. The predicted octanol–water partition coefficient (Wildman–Crippen LogP) is 2.74. The van der Waals surface area contributed by atoms with Gasteiger partial charge in [-0.1, -0.05) is 24.3 Å². The minimum atomic E-state index is -0.861. The number of para-hydroxylation sites is 1. The highest BCUT2D eigenvalue weighted by Gasteiger charge is 2.23. The van der Waals surface area contributed by atoms with E-state index in [1.165, 1.54) is 7.11 Å². The van der Waals surface area contributed by atoms with Crippen LogP contribution in [0.4, 0.5) is 4.79 Å². The van der Waals surface area contributed by atoms with Crippen LogP contribution in [0.5, 0.6) is 5.75 Å². The zero-order chi connectivity index (χ0) is 18.5. The maximum Gasteiger partial charge on any atom is 0.413 e. The van der Waals surface area contributed by atoms with Gasteiger partial charge in [-0.15, -0.1) is 0 Å². The van der Waals surface area contributed by atoms with Crippen molar-refractivity contribution in [3.63, 3.8) is 0 Å². The van der Waals surface area contributed by atoms with Crippen LogP contribution in [0.25, 0.3) is 10.9 Å². The highest BCUT2D eigenvalue weighted by Crippen LogP contribution is 2.19. The number of aromatic amines is 1. The van der Waals surface area contributed by atoms with E-state index >= 15 is 0 Å². The summed E-state index contributed by atoms with van der Waals surface area (Å²) >= 11 is 0. The molecule has 1 heterocycles. The maximum atomic E-state index is 12.1. The molecule has 7 heteroatoms. The van der Waals surface area contributed by atoms with Crippen LogP contribution in [0.1, 0.15) is 11.1 Å². The number of hydrogen-bond acceptors (Lipinski definition) is 5. The predicted molar refractivity (Wildman–Crippen MR) is 95.9 cm³/mol. The molecule has 0 spiro atoms. The summed E-state index contributed by atoms with van der Waals surface area (Å²) in [7, 11) is 1.28. The van der Waals surface area contributed by atoms with Crippen LogP contribution in [0.2, 0.25) is 0 Å². The van der Waals surface area contributed by atoms with E-state index in [0.29, 0.717) is 5.75 Å². The standard InChI is InChI=1S/C19H19N3O4/c1-12-8-13(9-14-11-20-22-17(12)14)10-16(18(23)25-2)21-19(24)26-15-6-4-3-5-7-15/h3-9,11,16H,10H2,1-2H3,(H,20,22)(H,21,24)/t16-/m1/s1. The number of rotatable bonds is 5. The monoisotopic (exact) mass is 353 g/mol. The Morgan fingerprint density at radius 3 is 2.73 bits per heavy atom. The van der Waals surface area contributed by atoms with Gasteiger partial charge in [0.05, 0.1) is 18.8 Å². The molecule has 2 N–H and O–H groups in total. The molecular weight excluding hydrogens is 334 g/mol. The van der Waals surface area contributed by atoms with Crippen molar-refractivity contribution >= 4 is 23.0 Å². The number of esters is 1. The Hall–Kier alpha value is -3.35. The van der Waals surface area contributed by atoms with Crippen LogP contribution in [0.3, 0.4) is 0 Å². The topological polar surface area (TPSA) is 93.3 Å². The number of ether oxygens (including phenoxy) is 2. The molecule has 0 unspecified atom stereocenters. The van der Waals surface area contributed by atoms with Crippen LogP contribution in [-0.2, 0) is 16.0 Å². The third-order valence-corrected chi connectivity index (χ3v) is 3.98. The second-order valence-electron chi connectivity index (χ2n) is 5.87. The average Bonchev–Trinajstić information content (AvgIpc) is 3.10. The van der Waals surface area contributed by atoms with E-state index in [4.69, 9.17) is 9.47 Å². The summed E-state index contributed by atoms with van der Waals surface area (Å²) < 4.78 is 10.00. The lowest BCUT2D eigenvalue weighted by atomic mass is 10.0. The molecule has 2 aromatic carbocycles. The SMILES string of the molecule is COC(=O)[C@@H](Cc1cc(C)c2[nH]ncc2c1)NC(=O)Oc1ccccc1. The van der Waals surface area contributed by atoms with Gasteiger partial charge in [0, 0.05) is 11.8 Å². The molecule has 0 radical (unpaired) electrons. The molecule has 134 valence electrons. The van der Waals surface area contributed by atoms with E-state index in [9.17, 15) is 9.59 Å². The Labute approximate surface area is 150 Å². The van der Waals surface area contributed by atoms with E-state index in [1.807, 2.05) is 25.1 Å². The molecule has 26 heavy (non-hydrogen) atoms. The van der Waals surface area contributed by atoms with Crippen LogP contribution in [0, 0.1) is 6.92 Å². The van der Waals surface area contributed by atoms with Crippen molar-refractivity contribution in [3.05, 3.63) is 59.8 Å². The minimum Gasteiger partial charge on any atom is -0.467 e. The first kappa shape index (κ1) is 17.5. The summed E-state index contributed by atoms with van der Waals surface area (Å²) in [6.45, 7) is 1.95. The van der Waals surface area contributed by atoms with Crippen molar-refractivity contribution in [3.8, 4) is 5.75 Å². The van der Waals surface area contributed by atoms with Crippen LogP contribution in [0.15, 0.2) is 48.7 Å². The van der Waals surface area contributed by atoms with E-state index in [0.717, 1.165) is 22.0 Å². The lowest BCUT2D eigenvalue weighted by Crippen LogP contribution is -2.44. The Morgan fingerprint density at radius 2 is 2.00 bits per heavy atom. The number of fused-ring (bicyclic) bond motifs is 1. The van der Waals surface area contributed by atoms with E-state index < -0.39 is 18.1 Å². The number of aromatic nitrogens is 2. The normalized spacial score (nSPS) is 11.8. The van der Waals surface area contributed by atoms with Crippen molar-refractivity contribution in [2.75, 3.05) is 7.11 Å². The molecule has 3 aromatic rings. The summed E-state index contributed by atoms with van der Waals surface area (Å²) in [5.41, 5.74) is 2.83. The second-order valence-corrected chi connectivity index (χ2v) is 5.87. The van der Waals surface area contributed by atoms with Gasteiger partial charge < -0.3 is 14.8 Å². The number of carbonyl (C=O) groups is 2. The number of methoxy groups -OCH3 is 1. The third kappa shape index (κ3) is 4.00. The summed E-state index contributed by atoms with van der Waals surface area (Å²) in [5, 5.41) is 10.5. The van der Waals surface area contributed by atoms with Gasteiger partial charge in [-0.3, -0.25) is 5.10 Å². The van der Waals surface area contributed by atoms with Crippen molar-refractivity contribution in [1.29, 1.82) is 0 Å². The first-order chi connectivity index (χ1) is 12.6. The largest absolute Gasteiger partial charge is 0.467 e. The van der Waals surface area contributed by atoms with Gasteiger partial charge in [0.15, 0.2) is 0 Å².